The Labute approximate surface area is 111 Å². The summed E-state index contributed by atoms with van der Waals surface area (Å²) in [5, 5.41) is 9.18. The maximum absolute atomic E-state index is 13.2. The Hall–Kier alpha value is -1.46. The fourth-order valence-corrected chi connectivity index (χ4v) is 2.45. The van der Waals surface area contributed by atoms with Crippen LogP contribution in [0.5, 0.6) is 0 Å². The molecule has 2 rings (SSSR count). The lowest BCUT2D eigenvalue weighted by Gasteiger charge is -2.36. The number of morpholine rings is 1. The van der Waals surface area contributed by atoms with E-state index in [4.69, 9.17) is 4.74 Å². The molecule has 19 heavy (non-hydrogen) atoms. The number of hydrogen-bond acceptors (Lipinski definition) is 3. The maximum atomic E-state index is 13.2. The van der Waals surface area contributed by atoms with Gasteiger partial charge in [-0.3, -0.25) is 9.69 Å². The second kappa shape index (κ2) is 6.12. The van der Waals surface area contributed by atoms with Gasteiger partial charge in [0.25, 0.3) is 0 Å². The van der Waals surface area contributed by atoms with Gasteiger partial charge in [0.2, 0.25) is 0 Å². The van der Waals surface area contributed by atoms with Crippen molar-refractivity contribution >= 4 is 5.97 Å². The topological polar surface area (TPSA) is 49.8 Å². The van der Waals surface area contributed by atoms with Crippen molar-refractivity contribution in [2.45, 2.75) is 25.5 Å². The molecule has 1 heterocycles. The van der Waals surface area contributed by atoms with Gasteiger partial charge in [0.1, 0.15) is 11.9 Å². The Morgan fingerprint density at radius 2 is 2.42 bits per heavy atom. The van der Waals surface area contributed by atoms with Gasteiger partial charge in [0.15, 0.2) is 0 Å². The van der Waals surface area contributed by atoms with E-state index >= 15 is 0 Å². The zero-order chi connectivity index (χ0) is 13.8. The lowest BCUT2D eigenvalue weighted by molar-refractivity contribution is -0.147. The summed E-state index contributed by atoms with van der Waals surface area (Å²) in [6.07, 6.45) is 0.281. The molecule has 1 aliphatic rings. The van der Waals surface area contributed by atoms with Crippen molar-refractivity contribution in [3.63, 3.8) is 0 Å². The first-order chi connectivity index (χ1) is 9.11. The Bertz CT molecular complexity index is 452. The van der Waals surface area contributed by atoms with Crippen molar-refractivity contribution in [3.8, 4) is 0 Å². The van der Waals surface area contributed by atoms with E-state index in [9.17, 15) is 14.3 Å². The van der Waals surface area contributed by atoms with Crippen LogP contribution in [0.1, 0.15) is 25.0 Å². The van der Waals surface area contributed by atoms with Crippen LogP contribution in [-0.4, -0.2) is 41.7 Å². The number of hydrogen-bond donors (Lipinski definition) is 1. The summed E-state index contributed by atoms with van der Waals surface area (Å²) in [5.41, 5.74) is 0.755. The van der Waals surface area contributed by atoms with E-state index in [1.165, 1.54) is 12.1 Å². The molecule has 1 aromatic carbocycles. The Kier molecular flexibility index (Phi) is 4.50. The van der Waals surface area contributed by atoms with Crippen LogP contribution in [0.25, 0.3) is 0 Å². The molecule has 0 amide bonds. The van der Waals surface area contributed by atoms with Crippen molar-refractivity contribution in [1.82, 2.24) is 4.90 Å². The summed E-state index contributed by atoms with van der Waals surface area (Å²) in [5.74, 6) is -1.12. The molecule has 1 aliphatic heterocycles. The highest BCUT2D eigenvalue weighted by molar-refractivity contribution is 5.73. The van der Waals surface area contributed by atoms with Crippen LogP contribution in [0.15, 0.2) is 24.3 Å². The van der Waals surface area contributed by atoms with Crippen molar-refractivity contribution in [3.05, 3.63) is 35.6 Å². The summed E-state index contributed by atoms with van der Waals surface area (Å²) in [6.45, 7) is 3.39. The summed E-state index contributed by atoms with van der Waals surface area (Å²) in [7, 11) is 0. The van der Waals surface area contributed by atoms with Gasteiger partial charge in [-0.25, -0.2) is 4.39 Å². The van der Waals surface area contributed by atoms with Gasteiger partial charge in [-0.15, -0.1) is 0 Å². The molecule has 0 bridgehead atoms. The second-order valence-corrected chi connectivity index (χ2v) is 4.67. The lowest BCUT2D eigenvalue weighted by Crippen LogP contribution is -2.48. The van der Waals surface area contributed by atoms with E-state index in [0.717, 1.165) is 5.56 Å². The van der Waals surface area contributed by atoms with E-state index in [0.29, 0.717) is 26.1 Å². The van der Waals surface area contributed by atoms with Gasteiger partial charge in [-0.05, 0) is 24.1 Å². The molecule has 0 aliphatic carbocycles. The average Bonchev–Trinajstić information content (AvgIpc) is 2.39. The van der Waals surface area contributed by atoms with E-state index < -0.39 is 12.0 Å². The van der Waals surface area contributed by atoms with E-state index in [-0.39, 0.29) is 11.9 Å². The molecule has 0 radical (unpaired) electrons. The minimum absolute atomic E-state index is 0.266. The molecule has 1 N–H and O–H groups in total. The number of carboxylic acids is 1. The van der Waals surface area contributed by atoms with Crippen LogP contribution in [-0.2, 0) is 9.53 Å². The van der Waals surface area contributed by atoms with Gasteiger partial charge in [-0.1, -0.05) is 19.1 Å². The number of carboxylic acid groups (broad SMARTS) is 1. The van der Waals surface area contributed by atoms with Crippen molar-refractivity contribution < 1.29 is 19.0 Å². The molecule has 1 fully saturated rings. The molecule has 1 aromatic rings. The molecule has 2 atom stereocenters. The first-order valence-corrected chi connectivity index (χ1v) is 6.45. The van der Waals surface area contributed by atoms with Crippen LogP contribution < -0.4 is 0 Å². The van der Waals surface area contributed by atoms with Gasteiger partial charge in [-0.2, -0.15) is 0 Å². The second-order valence-electron chi connectivity index (χ2n) is 4.67. The highest BCUT2D eigenvalue weighted by Gasteiger charge is 2.30. The normalized spacial score (nSPS) is 22.1. The Morgan fingerprint density at radius 1 is 1.63 bits per heavy atom. The highest BCUT2D eigenvalue weighted by Crippen LogP contribution is 2.24. The maximum Gasteiger partial charge on any atom is 0.320 e. The van der Waals surface area contributed by atoms with Crippen LogP contribution in [0, 0.1) is 5.82 Å². The fraction of sp³-hybridized carbons (Fsp3) is 0.500. The first kappa shape index (κ1) is 14.0. The molecule has 0 saturated carbocycles. The Balaban J connectivity index is 2.10. The molecule has 0 spiro atoms. The number of benzene rings is 1. The quantitative estimate of drug-likeness (QED) is 0.907. The van der Waals surface area contributed by atoms with Crippen LogP contribution in [0.3, 0.4) is 0 Å². The van der Waals surface area contributed by atoms with E-state index in [1.54, 1.807) is 12.1 Å². The molecule has 1 saturated heterocycles. The summed E-state index contributed by atoms with van der Waals surface area (Å²) >= 11 is 0. The monoisotopic (exact) mass is 267 g/mol. The third kappa shape index (κ3) is 3.30. The molecule has 4 nitrogen and oxygen atoms in total. The van der Waals surface area contributed by atoms with Gasteiger partial charge in [0.05, 0.1) is 12.7 Å². The Morgan fingerprint density at radius 3 is 3.05 bits per heavy atom. The molecule has 0 aromatic heterocycles. The minimum Gasteiger partial charge on any atom is -0.480 e. The average molecular weight is 267 g/mol. The smallest absolute Gasteiger partial charge is 0.320 e. The van der Waals surface area contributed by atoms with Gasteiger partial charge < -0.3 is 9.84 Å². The van der Waals surface area contributed by atoms with Crippen molar-refractivity contribution in [2.75, 3.05) is 19.7 Å². The number of ether oxygens (including phenoxy) is 1. The third-order valence-corrected chi connectivity index (χ3v) is 3.43. The predicted octanol–water partition coefficient (Wildman–Crippen LogP) is 2.06. The van der Waals surface area contributed by atoms with Crippen molar-refractivity contribution in [1.29, 1.82) is 0 Å². The number of carbonyl (C=O) groups is 1. The van der Waals surface area contributed by atoms with Crippen LogP contribution in [0.2, 0.25) is 0 Å². The zero-order valence-electron chi connectivity index (χ0n) is 10.9. The number of rotatable bonds is 4. The summed E-state index contributed by atoms with van der Waals surface area (Å²) < 4.78 is 18.8. The molecule has 0 unspecified atom stereocenters. The molecular weight excluding hydrogens is 249 g/mol. The minimum atomic E-state index is -0.817. The summed E-state index contributed by atoms with van der Waals surface area (Å²) in [4.78, 5) is 13.1. The third-order valence-electron chi connectivity index (χ3n) is 3.43. The zero-order valence-corrected chi connectivity index (χ0v) is 10.9. The highest BCUT2D eigenvalue weighted by atomic mass is 19.1. The van der Waals surface area contributed by atoms with Crippen LogP contribution >= 0.6 is 0 Å². The SMILES string of the molecule is CC[C@@H](C(=O)O)N1CCO[C@H](c2cccc(F)c2)C1. The number of aliphatic carboxylic acids is 1. The van der Waals surface area contributed by atoms with Gasteiger partial charge >= 0.3 is 5.97 Å². The van der Waals surface area contributed by atoms with Gasteiger partial charge in [0, 0.05) is 13.1 Å². The first-order valence-electron chi connectivity index (χ1n) is 6.45. The van der Waals surface area contributed by atoms with Crippen molar-refractivity contribution in [2.24, 2.45) is 0 Å². The fourth-order valence-electron chi connectivity index (χ4n) is 2.45. The lowest BCUT2D eigenvalue weighted by atomic mass is 10.1. The molecule has 5 heteroatoms. The molecular formula is C14H18FNO3. The van der Waals surface area contributed by atoms with E-state index in [2.05, 4.69) is 0 Å². The number of halogens is 1. The standard InChI is InChI=1S/C14H18FNO3/c1-2-12(14(17)18)16-6-7-19-13(9-16)10-4-3-5-11(15)8-10/h3-5,8,12-13H,2,6-7,9H2,1H3,(H,17,18)/t12-,13-/m0/s1. The molecule has 104 valence electrons. The number of nitrogens with zero attached hydrogens (tertiary/aromatic N) is 1. The largest absolute Gasteiger partial charge is 0.480 e. The summed E-state index contributed by atoms with van der Waals surface area (Å²) in [6, 6.07) is 5.77. The van der Waals surface area contributed by atoms with E-state index in [1.807, 2.05) is 11.8 Å². The van der Waals surface area contributed by atoms with Crippen LogP contribution in [0.4, 0.5) is 4.39 Å². The predicted molar refractivity (Wildman–Crippen MR) is 68.4 cm³/mol.